The second-order valence-corrected chi connectivity index (χ2v) is 7.30. The molecule has 6 heteroatoms. The first-order valence-corrected chi connectivity index (χ1v) is 8.40. The largest absolute Gasteiger partial charge is 0.478 e. The van der Waals surface area contributed by atoms with Crippen molar-refractivity contribution in [2.75, 3.05) is 0 Å². The summed E-state index contributed by atoms with van der Waals surface area (Å²) in [6.45, 7) is 6.12. The van der Waals surface area contributed by atoms with E-state index in [1.54, 1.807) is 0 Å². The number of imidazole rings is 1. The van der Waals surface area contributed by atoms with Crippen molar-refractivity contribution in [2.45, 2.75) is 46.1 Å². The van der Waals surface area contributed by atoms with E-state index in [1.807, 2.05) is 12.5 Å². The number of fused-ring (bicyclic) bond motifs is 2. The molecule has 3 aliphatic carbocycles. The third kappa shape index (κ3) is 4.46. The zero-order valence-corrected chi connectivity index (χ0v) is 14.3. The fourth-order valence-electron chi connectivity index (χ4n) is 4.18. The van der Waals surface area contributed by atoms with Crippen LogP contribution in [0.25, 0.3) is 0 Å². The van der Waals surface area contributed by atoms with E-state index >= 15 is 0 Å². The summed E-state index contributed by atoms with van der Waals surface area (Å²) >= 11 is 0. The summed E-state index contributed by atoms with van der Waals surface area (Å²) in [4.78, 5) is 23.2. The molecule has 3 saturated carbocycles. The Kier molecular flexibility index (Phi) is 5.80. The molecule has 0 amide bonds. The van der Waals surface area contributed by atoms with Crippen molar-refractivity contribution >= 4 is 11.9 Å². The quantitative estimate of drug-likeness (QED) is 0.807. The van der Waals surface area contributed by atoms with Gasteiger partial charge in [-0.05, 0) is 48.9 Å². The van der Waals surface area contributed by atoms with Gasteiger partial charge in [0.15, 0.2) is 0 Å². The Labute approximate surface area is 142 Å². The van der Waals surface area contributed by atoms with Crippen molar-refractivity contribution in [3.8, 4) is 0 Å². The van der Waals surface area contributed by atoms with Gasteiger partial charge in [0.1, 0.15) is 0 Å². The van der Waals surface area contributed by atoms with Crippen LogP contribution in [0, 0.1) is 23.2 Å². The van der Waals surface area contributed by atoms with Gasteiger partial charge < -0.3 is 14.8 Å². The Bertz CT molecular complexity index is 574. The zero-order chi connectivity index (χ0) is 17.7. The summed E-state index contributed by atoms with van der Waals surface area (Å²) < 4.78 is 2.22. The smallest absolute Gasteiger partial charge is 0.328 e. The molecular weight excluding hydrogens is 308 g/mol. The van der Waals surface area contributed by atoms with Gasteiger partial charge >= 0.3 is 11.9 Å². The van der Waals surface area contributed by atoms with Crippen LogP contribution >= 0.6 is 0 Å². The maximum atomic E-state index is 9.55. The Morgan fingerprint density at radius 3 is 2.38 bits per heavy atom. The molecule has 0 aromatic carbocycles. The number of hydrogen-bond donors (Lipinski definition) is 2. The highest BCUT2D eigenvalue weighted by molar-refractivity contribution is 5.89. The molecule has 0 aliphatic heterocycles. The number of hydrogen-bond acceptors (Lipinski definition) is 3. The van der Waals surface area contributed by atoms with E-state index in [0.29, 0.717) is 17.6 Å². The van der Waals surface area contributed by atoms with Crippen molar-refractivity contribution in [2.24, 2.45) is 23.2 Å². The first-order chi connectivity index (χ1) is 11.3. The van der Waals surface area contributed by atoms with Gasteiger partial charge in [0.05, 0.1) is 6.33 Å². The maximum Gasteiger partial charge on any atom is 0.328 e. The molecule has 24 heavy (non-hydrogen) atoms. The Hall–Kier alpha value is -2.11. The van der Waals surface area contributed by atoms with E-state index < -0.39 is 11.9 Å². The van der Waals surface area contributed by atoms with Crippen LogP contribution in [-0.4, -0.2) is 31.7 Å². The average molecular weight is 334 g/mol. The van der Waals surface area contributed by atoms with Crippen molar-refractivity contribution in [1.82, 2.24) is 9.55 Å². The fourth-order valence-corrected chi connectivity index (χ4v) is 4.18. The SMILES string of the molecule is CC1(C)C2CCC(CCn3ccnc3)C1C2.O=C(O)/C=C/C(=O)O. The van der Waals surface area contributed by atoms with Crippen molar-refractivity contribution in [3.05, 3.63) is 30.9 Å². The molecule has 0 saturated heterocycles. The van der Waals surface area contributed by atoms with Crippen molar-refractivity contribution < 1.29 is 19.8 Å². The topological polar surface area (TPSA) is 92.4 Å². The molecule has 132 valence electrons. The summed E-state index contributed by atoms with van der Waals surface area (Å²) in [5.41, 5.74) is 0.637. The highest BCUT2D eigenvalue weighted by Gasteiger charge is 2.53. The molecule has 0 radical (unpaired) electrons. The lowest BCUT2D eigenvalue weighted by molar-refractivity contribution is -0.134. The highest BCUT2D eigenvalue weighted by Crippen LogP contribution is 2.62. The lowest BCUT2D eigenvalue weighted by atomic mass is 9.45. The Morgan fingerprint density at radius 1 is 1.25 bits per heavy atom. The predicted octanol–water partition coefficient (Wildman–Crippen LogP) is 3.06. The molecule has 2 bridgehead atoms. The third-order valence-corrected chi connectivity index (χ3v) is 5.69. The summed E-state index contributed by atoms with van der Waals surface area (Å²) in [5, 5.41) is 15.6. The molecule has 1 heterocycles. The van der Waals surface area contributed by atoms with Crippen LogP contribution in [0.5, 0.6) is 0 Å². The molecule has 3 unspecified atom stereocenters. The number of aromatic nitrogens is 2. The number of aliphatic carboxylic acids is 2. The van der Waals surface area contributed by atoms with Gasteiger partial charge in [0, 0.05) is 31.1 Å². The lowest BCUT2D eigenvalue weighted by Crippen LogP contribution is -2.52. The monoisotopic (exact) mass is 334 g/mol. The minimum absolute atomic E-state index is 0.558. The first-order valence-electron chi connectivity index (χ1n) is 8.40. The fraction of sp³-hybridized carbons (Fsp3) is 0.611. The number of carboxylic acid groups (broad SMARTS) is 2. The van der Waals surface area contributed by atoms with Crippen LogP contribution in [0.4, 0.5) is 0 Å². The van der Waals surface area contributed by atoms with E-state index in [-0.39, 0.29) is 0 Å². The number of aryl methyl sites for hydroxylation is 1. The molecule has 1 aromatic rings. The molecule has 6 nitrogen and oxygen atoms in total. The van der Waals surface area contributed by atoms with Gasteiger partial charge in [0.25, 0.3) is 0 Å². The maximum absolute atomic E-state index is 9.55. The van der Waals surface area contributed by atoms with Crippen molar-refractivity contribution in [1.29, 1.82) is 0 Å². The normalized spacial score (nSPS) is 27.0. The summed E-state index contributed by atoms with van der Waals surface area (Å²) in [6, 6.07) is 0. The molecular formula is C18H26N2O4. The van der Waals surface area contributed by atoms with E-state index in [0.717, 1.165) is 24.3 Å². The van der Waals surface area contributed by atoms with Gasteiger partial charge in [-0.25, -0.2) is 14.6 Å². The van der Waals surface area contributed by atoms with Gasteiger partial charge in [0.2, 0.25) is 0 Å². The van der Waals surface area contributed by atoms with Gasteiger partial charge in [-0.1, -0.05) is 13.8 Å². The van der Waals surface area contributed by atoms with Crippen LogP contribution < -0.4 is 0 Å². The molecule has 3 aliphatic rings. The number of carboxylic acids is 2. The third-order valence-electron chi connectivity index (χ3n) is 5.69. The first kappa shape index (κ1) is 18.2. The summed E-state index contributed by atoms with van der Waals surface area (Å²) in [7, 11) is 0. The minimum atomic E-state index is -1.26. The van der Waals surface area contributed by atoms with Gasteiger partial charge in [-0.3, -0.25) is 0 Å². The van der Waals surface area contributed by atoms with Crippen LogP contribution in [0.1, 0.15) is 39.5 Å². The standard InChI is InChI=1S/C14H22N2.C4H4O4/c1-14(2)12-4-3-11(13(14)9-12)5-7-16-8-6-15-10-16;5-3(6)1-2-4(7)8/h6,8,10-13H,3-5,7,9H2,1-2H3;1-2H,(H,5,6)(H,7,8)/b;2-1+. The molecule has 3 fully saturated rings. The molecule has 1 aromatic heterocycles. The van der Waals surface area contributed by atoms with Crippen molar-refractivity contribution in [3.63, 3.8) is 0 Å². The Balaban J connectivity index is 0.000000224. The second-order valence-electron chi connectivity index (χ2n) is 7.30. The van der Waals surface area contributed by atoms with E-state index in [9.17, 15) is 9.59 Å². The van der Waals surface area contributed by atoms with Gasteiger partial charge in [-0.15, -0.1) is 0 Å². The van der Waals surface area contributed by atoms with E-state index in [1.165, 1.54) is 25.7 Å². The zero-order valence-electron chi connectivity index (χ0n) is 14.3. The molecule has 4 rings (SSSR count). The van der Waals surface area contributed by atoms with Crippen LogP contribution in [-0.2, 0) is 16.1 Å². The average Bonchev–Trinajstić information content (AvgIpc) is 3.05. The van der Waals surface area contributed by atoms with E-state index in [2.05, 4.69) is 29.6 Å². The van der Waals surface area contributed by atoms with Crippen LogP contribution in [0.3, 0.4) is 0 Å². The molecule has 2 N–H and O–H groups in total. The minimum Gasteiger partial charge on any atom is -0.478 e. The summed E-state index contributed by atoms with van der Waals surface area (Å²) in [6.07, 6.45) is 12.8. The van der Waals surface area contributed by atoms with Crippen LogP contribution in [0.15, 0.2) is 30.9 Å². The number of carbonyl (C=O) groups is 2. The summed E-state index contributed by atoms with van der Waals surface area (Å²) in [5.74, 6) is 0.471. The van der Waals surface area contributed by atoms with E-state index in [4.69, 9.17) is 10.2 Å². The highest BCUT2D eigenvalue weighted by atomic mass is 16.4. The van der Waals surface area contributed by atoms with Crippen LogP contribution in [0.2, 0.25) is 0 Å². The Morgan fingerprint density at radius 2 is 1.92 bits per heavy atom. The second kappa shape index (κ2) is 7.64. The van der Waals surface area contributed by atoms with Gasteiger partial charge in [-0.2, -0.15) is 0 Å². The molecule has 3 atom stereocenters. The number of rotatable bonds is 5. The number of nitrogens with zero attached hydrogens (tertiary/aromatic N) is 2. The predicted molar refractivity (Wildman–Crippen MR) is 89.4 cm³/mol. The lowest BCUT2D eigenvalue weighted by Gasteiger charge is -2.60. The molecule has 0 spiro atoms.